The van der Waals surface area contributed by atoms with Gasteiger partial charge in [0.05, 0.1) is 0 Å². The minimum absolute atomic E-state index is 0.182. The second-order valence-electron chi connectivity index (χ2n) is 13.6. The first kappa shape index (κ1) is 30.8. The summed E-state index contributed by atoms with van der Waals surface area (Å²) in [6.07, 6.45) is 0. The molecule has 0 bridgehead atoms. The van der Waals surface area contributed by atoms with Gasteiger partial charge in [0.2, 0.25) is 0 Å². The van der Waals surface area contributed by atoms with Gasteiger partial charge in [-0.3, -0.25) is 0 Å². The van der Waals surface area contributed by atoms with Crippen molar-refractivity contribution >= 4 is 0 Å². The summed E-state index contributed by atoms with van der Waals surface area (Å²) >= 11 is 0. The van der Waals surface area contributed by atoms with E-state index in [1.54, 1.807) is 0 Å². The van der Waals surface area contributed by atoms with E-state index in [4.69, 9.17) is 0 Å². The van der Waals surface area contributed by atoms with Gasteiger partial charge in [-0.2, -0.15) is 0 Å². The Hall–Kier alpha value is -5.46. The lowest BCUT2D eigenvalue weighted by Crippen LogP contribution is -2.25. The summed E-state index contributed by atoms with van der Waals surface area (Å²) in [5.74, 6) is 1.27. The monoisotopic (exact) mass is 630 g/mol. The fraction of sp³-hybridized carbons (Fsp3) is 0.143. The second-order valence-corrected chi connectivity index (χ2v) is 13.6. The highest BCUT2D eigenvalue weighted by Crippen LogP contribution is 2.67. The van der Waals surface area contributed by atoms with Crippen LogP contribution < -0.4 is 0 Å². The molecule has 0 N–H and O–H groups in total. The molecule has 0 heterocycles. The van der Waals surface area contributed by atoms with Crippen molar-refractivity contribution < 1.29 is 0 Å². The van der Waals surface area contributed by atoms with Gasteiger partial charge in [0, 0.05) is 0 Å². The first-order valence-corrected chi connectivity index (χ1v) is 17.7. The number of hydrogen-bond donors (Lipinski definition) is 0. The molecule has 0 unspecified atom stereocenters. The van der Waals surface area contributed by atoms with E-state index in [1.807, 2.05) is 0 Å². The lowest BCUT2D eigenvalue weighted by Gasteiger charge is -2.40. The van der Waals surface area contributed by atoms with Gasteiger partial charge < -0.3 is 0 Å². The van der Waals surface area contributed by atoms with Crippen molar-refractivity contribution in [3.8, 4) is 0 Å². The van der Waals surface area contributed by atoms with Crippen LogP contribution in [0.4, 0.5) is 0 Å². The summed E-state index contributed by atoms with van der Waals surface area (Å²) in [4.78, 5) is 0. The molecule has 238 valence electrons. The highest BCUT2D eigenvalue weighted by atomic mass is 14.6. The van der Waals surface area contributed by atoms with Crippen LogP contribution in [0.25, 0.3) is 0 Å². The molecule has 0 radical (unpaired) electrons. The van der Waals surface area contributed by atoms with E-state index in [1.165, 1.54) is 38.9 Å². The van der Waals surface area contributed by atoms with Crippen LogP contribution in [0.2, 0.25) is 0 Å². The Bertz CT molecular complexity index is 1570. The Morgan fingerprint density at radius 3 is 0.347 bits per heavy atom. The third-order valence-corrected chi connectivity index (χ3v) is 11.0. The molecule has 1 fully saturated rings. The largest absolute Gasteiger partial charge is 0.0622 e. The third kappa shape index (κ3) is 6.16. The van der Waals surface area contributed by atoms with Crippen LogP contribution in [-0.4, -0.2) is 0 Å². The van der Waals surface area contributed by atoms with Crippen LogP contribution in [0, 0.1) is 0 Å². The molecule has 0 atom stereocenters. The maximum Gasteiger partial charge on any atom is -0.00120 e. The predicted octanol–water partition coefficient (Wildman–Crippen LogP) is 12.5. The van der Waals surface area contributed by atoms with E-state index in [0.717, 1.165) is 0 Å². The van der Waals surface area contributed by atoms with Gasteiger partial charge in [-0.05, 0) is 80.4 Å². The maximum absolute atomic E-state index is 2.39. The zero-order valence-electron chi connectivity index (χ0n) is 27.7. The van der Waals surface area contributed by atoms with Crippen LogP contribution in [0.15, 0.2) is 212 Å². The van der Waals surface area contributed by atoms with Crippen molar-refractivity contribution in [1.82, 2.24) is 0 Å². The minimum Gasteiger partial charge on any atom is -0.0622 e. The van der Waals surface area contributed by atoms with Crippen LogP contribution in [0.3, 0.4) is 0 Å². The van der Waals surface area contributed by atoms with E-state index in [0.29, 0.717) is 0 Å². The normalized spacial score (nSPS) is 23.7. The van der Waals surface area contributed by atoms with Gasteiger partial charge in [-0.1, -0.05) is 212 Å². The first-order chi connectivity index (χ1) is 24.4. The average Bonchev–Trinajstić information content (AvgIpc) is 3.34. The van der Waals surface area contributed by atoms with Gasteiger partial charge in [0.15, 0.2) is 0 Å². The molecule has 7 aromatic rings. The van der Waals surface area contributed by atoms with Gasteiger partial charge in [0.25, 0.3) is 0 Å². The van der Waals surface area contributed by atoms with Crippen LogP contribution in [0.5, 0.6) is 0 Å². The molecule has 7 aromatic carbocycles. The number of benzene rings is 7. The maximum atomic E-state index is 2.39. The molecule has 0 nitrogen and oxygen atoms in total. The molecule has 0 spiro atoms. The van der Waals surface area contributed by atoms with Crippen LogP contribution in [-0.2, 0) is 0 Å². The van der Waals surface area contributed by atoms with Gasteiger partial charge in [0.1, 0.15) is 0 Å². The molecule has 1 saturated carbocycles. The van der Waals surface area contributed by atoms with Crippen LogP contribution >= 0.6 is 0 Å². The smallest absolute Gasteiger partial charge is 0.00120 e. The highest BCUT2D eigenvalue weighted by molar-refractivity contribution is 5.49. The Morgan fingerprint density at radius 1 is 0.143 bits per heavy atom. The second kappa shape index (κ2) is 14.3. The summed E-state index contributed by atoms with van der Waals surface area (Å²) in [6, 6.07) is 80.0. The Labute approximate surface area is 291 Å². The molecular weight excluding hydrogens is 589 g/mol. The van der Waals surface area contributed by atoms with Crippen molar-refractivity contribution in [3.05, 3.63) is 251 Å². The quantitative estimate of drug-likeness (QED) is 0.154. The Balaban J connectivity index is 1.56. The summed E-state index contributed by atoms with van der Waals surface area (Å²) in [7, 11) is 0. The van der Waals surface area contributed by atoms with Crippen molar-refractivity contribution in [3.63, 3.8) is 0 Å². The number of rotatable bonds is 7. The molecule has 1 aliphatic rings. The lowest BCUT2D eigenvalue weighted by molar-refractivity contribution is 0.399. The molecule has 49 heavy (non-hydrogen) atoms. The molecule has 0 aromatic heterocycles. The van der Waals surface area contributed by atoms with Gasteiger partial charge in [-0.25, -0.2) is 0 Å². The zero-order valence-corrected chi connectivity index (χ0v) is 27.7. The summed E-state index contributed by atoms with van der Waals surface area (Å²) in [5.41, 5.74) is 9.77. The third-order valence-electron chi connectivity index (χ3n) is 11.0. The molecule has 0 amide bonds. The average molecular weight is 631 g/mol. The summed E-state index contributed by atoms with van der Waals surface area (Å²) < 4.78 is 0. The predicted molar refractivity (Wildman–Crippen MR) is 204 cm³/mol. The molecule has 1 aliphatic carbocycles. The molecule has 0 heteroatoms. The van der Waals surface area contributed by atoms with Crippen molar-refractivity contribution in [2.45, 2.75) is 41.4 Å². The van der Waals surface area contributed by atoms with E-state index in [9.17, 15) is 0 Å². The number of hydrogen-bond acceptors (Lipinski definition) is 0. The zero-order chi connectivity index (χ0) is 32.8. The van der Waals surface area contributed by atoms with E-state index >= 15 is 0 Å². The van der Waals surface area contributed by atoms with E-state index in [-0.39, 0.29) is 41.4 Å². The minimum atomic E-state index is 0.182. The Morgan fingerprint density at radius 2 is 0.245 bits per heavy atom. The van der Waals surface area contributed by atoms with E-state index < -0.39 is 0 Å². The molecule has 0 saturated heterocycles. The summed E-state index contributed by atoms with van der Waals surface area (Å²) in [6.45, 7) is 0. The van der Waals surface area contributed by atoms with Crippen LogP contribution in [0.1, 0.15) is 80.4 Å². The first-order valence-electron chi connectivity index (χ1n) is 17.7. The molecular formula is C49H42. The van der Waals surface area contributed by atoms with Gasteiger partial charge >= 0.3 is 0 Å². The fourth-order valence-corrected chi connectivity index (χ4v) is 9.19. The summed E-state index contributed by atoms with van der Waals surface area (Å²) in [5, 5.41) is 0. The Kier molecular flexibility index (Phi) is 9.03. The lowest BCUT2D eigenvalue weighted by atomic mass is 9.63. The van der Waals surface area contributed by atoms with Crippen molar-refractivity contribution in [1.29, 1.82) is 0 Å². The van der Waals surface area contributed by atoms with E-state index in [2.05, 4.69) is 212 Å². The fourth-order valence-electron chi connectivity index (χ4n) is 9.19. The van der Waals surface area contributed by atoms with Crippen molar-refractivity contribution in [2.24, 2.45) is 0 Å². The standard InChI is InChI=1S/C49H42/c1-8-22-36(23-9-1)43-44(37-24-10-2-11-25-37)46(39-28-14-4-15-29-39)48(41-32-18-6-19-33-41)49(42-34-20-7-21-35-42)47(40-30-16-5-17-31-40)45(43)38-26-12-3-13-27-38/h1-35,43-49H. The topological polar surface area (TPSA) is 0 Å². The van der Waals surface area contributed by atoms with Gasteiger partial charge in [-0.15, -0.1) is 0 Å². The SMILES string of the molecule is c1ccc(C2C(c3ccccc3)C(c3ccccc3)C(c3ccccc3)C(c3ccccc3)C(c3ccccc3)C2c2ccccc2)cc1. The van der Waals surface area contributed by atoms with Crippen molar-refractivity contribution in [2.75, 3.05) is 0 Å². The molecule has 0 aliphatic heterocycles. The molecule has 8 rings (SSSR count). The highest BCUT2D eigenvalue weighted by Gasteiger charge is 2.53.